The van der Waals surface area contributed by atoms with Gasteiger partial charge in [0.25, 0.3) is 0 Å². The second-order valence-electron chi connectivity index (χ2n) is 5.49. The van der Waals surface area contributed by atoms with Gasteiger partial charge in [0.05, 0.1) is 6.42 Å². The van der Waals surface area contributed by atoms with E-state index < -0.39 is 12.0 Å². The summed E-state index contributed by atoms with van der Waals surface area (Å²) in [4.78, 5) is 23.5. The number of carbonyl (C=O) groups excluding carboxylic acids is 1. The third-order valence-electron chi connectivity index (χ3n) is 3.71. The number of rotatable bonds is 7. The molecule has 0 aliphatic carbocycles. The van der Waals surface area contributed by atoms with Gasteiger partial charge in [0.15, 0.2) is 0 Å². The smallest absolute Gasteiger partial charge is 0.326 e. The van der Waals surface area contributed by atoms with E-state index in [1.807, 2.05) is 54.6 Å². The van der Waals surface area contributed by atoms with Crippen molar-refractivity contribution in [1.82, 2.24) is 5.32 Å². The molecule has 0 spiro atoms. The Morgan fingerprint density at radius 3 is 2.13 bits per heavy atom. The van der Waals surface area contributed by atoms with Gasteiger partial charge in [0, 0.05) is 6.42 Å². The molecule has 4 nitrogen and oxygen atoms in total. The fourth-order valence-corrected chi connectivity index (χ4v) is 2.37. The first-order chi connectivity index (χ1) is 11.1. The number of benzene rings is 2. The van der Waals surface area contributed by atoms with Crippen LogP contribution in [0.2, 0.25) is 0 Å². The lowest BCUT2D eigenvalue weighted by molar-refractivity contribution is -0.141. The molecule has 0 aliphatic heterocycles. The molecule has 1 amide bonds. The van der Waals surface area contributed by atoms with Crippen LogP contribution in [-0.4, -0.2) is 23.0 Å². The van der Waals surface area contributed by atoms with Gasteiger partial charge >= 0.3 is 5.97 Å². The molecule has 2 N–H and O–H groups in total. The first-order valence-corrected chi connectivity index (χ1v) is 7.72. The number of hydrogen-bond acceptors (Lipinski definition) is 2. The third kappa shape index (κ3) is 5.25. The SMILES string of the molecule is CCc1ccc(CC(=O)N[C@H](Cc2ccccc2)C(=O)O)cc1. The van der Waals surface area contributed by atoms with Gasteiger partial charge in [-0.05, 0) is 23.1 Å². The maximum atomic E-state index is 12.1. The summed E-state index contributed by atoms with van der Waals surface area (Å²) < 4.78 is 0. The molecule has 0 aromatic heterocycles. The van der Waals surface area contributed by atoms with Crippen molar-refractivity contribution in [2.24, 2.45) is 0 Å². The zero-order valence-corrected chi connectivity index (χ0v) is 13.2. The Morgan fingerprint density at radius 2 is 1.57 bits per heavy atom. The first-order valence-electron chi connectivity index (χ1n) is 7.72. The predicted molar refractivity (Wildman–Crippen MR) is 89.2 cm³/mol. The summed E-state index contributed by atoms with van der Waals surface area (Å²) in [6, 6.07) is 16.2. The quantitative estimate of drug-likeness (QED) is 0.826. The largest absolute Gasteiger partial charge is 0.480 e. The number of amides is 1. The van der Waals surface area contributed by atoms with Crippen LogP contribution in [0, 0.1) is 0 Å². The molecule has 2 rings (SSSR count). The molecule has 2 aromatic rings. The van der Waals surface area contributed by atoms with Crippen LogP contribution >= 0.6 is 0 Å². The molecule has 0 saturated carbocycles. The second kappa shape index (κ2) is 8.13. The van der Waals surface area contributed by atoms with Gasteiger partial charge in [0.1, 0.15) is 6.04 Å². The van der Waals surface area contributed by atoms with Gasteiger partial charge in [0.2, 0.25) is 5.91 Å². The monoisotopic (exact) mass is 311 g/mol. The van der Waals surface area contributed by atoms with Crippen LogP contribution in [0.15, 0.2) is 54.6 Å². The number of hydrogen-bond donors (Lipinski definition) is 2. The van der Waals surface area contributed by atoms with E-state index in [1.165, 1.54) is 5.56 Å². The lowest BCUT2D eigenvalue weighted by Gasteiger charge is -2.15. The molecule has 0 unspecified atom stereocenters. The summed E-state index contributed by atoms with van der Waals surface area (Å²) in [6.07, 6.45) is 1.41. The van der Waals surface area contributed by atoms with Gasteiger partial charge in [-0.15, -0.1) is 0 Å². The van der Waals surface area contributed by atoms with Crippen molar-refractivity contribution in [3.63, 3.8) is 0 Å². The van der Waals surface area contributed by atoms with E-state index in [1.54, 1.807) is 0 Å². The van der Waals surface area contributed by atoms with Crippen LogP contribution in [0.1, 0.15) is 23.6 Å². The molecular formula is C19H21NO3. The second-order valence-corrected chi connectivity index (χ2v) is 5.49. The lowest BCUT2D eigenvalue weighted by atomic mass is 10.0. The number of nitrogens with one attached hydrogen (secondary N) is 1. The number of carboxylic acids is 1. The van der Waals surface area contributed by atoms with Crippen LogP contribution in [0.3, 0.4) is 0 Å². The molecule has 0 aliphatic rings. The van der Waals surface area contributed by atoms with Crippen LogP contribution in [-0.2, 0) is 28.9 Å². The molecule has 1 atom stereocenters. The van der Waals surface area contributed by atoms with E-state index in [2.05, 4.69) is 12.2 Å². The van der Waals surface area contributed by atoms with Crippen molar-refractivity contribution in [2.45, 2.75) is 32.2 Å². The van der Waals surface area contributed by atoms with Gasteiger partial charge in [-0.3, -0.25) is 4.79 Å². The van der Waals surface area contributed by atoms with Crippen molar-refractivity contribution in [3.05, 3.63) is 71.3 Å². The minimum Gasteiger partial charge on any atom is -0.480 e. The highest BCUT2D eigenvalue weighted by Gasteiger charge is 2.20. The Bertz CT molecular complexity index is 650. The standard InChI is InChI=1S/C19H21NO3/c1-2-14-8-10-16(11-9-14)13-18(21)20-17(19(22)23)12-15-6-4-3-5-7-15/h3-11,17H,2,12-13H2,1H3,(H,20,21)(H,22,23)/t17-/m1/s1. The zero-order valence-electron chi connectivity index (χ0n) is 13.2. The number of aliphatic carboxylic acids is 1. The Morgan fingerprint density at radius 1 is 0.957 bits per heavy atom. The molecule has 0 bridgehead atoms. The predicted octanol–water partition coefficient (Wildman–Crippen LogP) is 2.60. The van der Waals surface area contributed by atoms with Crippen LogP contribution < -0.4 is 5.32 Å². The fourth-order valence-electron chi connectivity index (χ4n) is 2.37. The van der Waals surface area contributed by atoms with E-state index in [9.17, 15) is 14.7 Å². The van der Waals surface area contributed by atoms with Gasteiger partial charge in [-0.2, -0.15) is 0 Å². The zero-order chi connectivity index (χ0) is 16.7. The summed E-state index contributed by atoms with van der Waals surface area (Å²) in [5.41, 5.74) is 2.97. The van der Waals surface area contributed by atoms with Crippen molar-refractivity contribution in [2.75, 3.05) is 0 Å². The Hall–Kier alpha value is -2.62. The van der Waals surface area contributed by atoms with E-state index in [-0.39, 0.29) is 18.7 Å². The van der Waals surface area contributed by atoms with Crippen LogP contribution in [0.5, 0.6) is 0 Å². The van der Waals surface area contributed by atoms with Crippen molar-refractivity contribution in [1.29, 1.82) is 0 Å². The molecular weight excluding hydrogens is 290 g/mol. The minimum absolute atomic E-state index is 0.183. The Kier molecular flexibility index (Phi) is 5.92. The third-order valence-corrected chi connectivity index (χ3v) is 3.71. The molecule has 0 fully saturated rings. The van der Waals surface area contributed by atoms with Crippen molar-refractivity contribution >= 4 is 11.9 Å². The van der Waals surface area contributed by atoms with Crippen LogP contribution in [0.4, 0.5) is 0 Å². The normalized spacial score (nSPS) is 11.7. The number of carbonyl (C=O) groups is 2. The van der Waals surface area contributed by atoms with E-state index >= 15 is 0 Å². The summed E-state index contributed by atoms with van der Waals surface area (Å²) in [7, 11) is 0. The molecule has 23 heavy (non-hydrogen) atoms. The average molecular weight is 311 g/mol. The summed E-state index contributed by atoms with van der Waals surface area (Å²) in [5.74, 6) is -1.30. The number of carboxylic acid groups (broad SMARTS) is 1. The summed E-state index contributed by atoms with van der Waals surface area (Å²) >= 11 is 0. The molecule has 0 heterocycles. The number of aryl methyl sites for hydroxylation is 1. The molecule has 120 valence electrons. The molecule has 4 heteroatoms. The lowest BCUT2D eigenvalue weighted by Crippen LogP contribution is -2.43. The van der Waals surface area contributed by atoms with Gasteiger partial charge < -0.3 is 10.4 Å². The highest BCUT2D eigenvalue weighted by molar-refractivity contribution is 5.85. The highest BCUT2D eigenvalue weighted by atomic mass is 16.4. The Labute approximate surface area is 136 Å². The Balaban J connectivity index is 1.96. The minimum atomic E-state index is -1.02. The first kappa shape index (κ1) is 16.7. The average Bonchev–Trinajstić information content (AvgIpc) is 2.56. The topological polar surface area (TPSA) is 66.4 Å². The maximum absolute atomic E-state index is 12.1. The fraction of sp³-hybridized carbons (Fsp3) is 0.263. The van der Waals surface area contributed by atoms with Crippen molar-refractivity contribution in [3.8, 4) is 0 Å². The van der Waals surface area contributed by atoms with E-state index in [4.69, 9.17) is 0 Å². The molecule has 0 saturated heterocycles. The van der Waals surface area contributed by atoms with E-state index in [0.717, 1.165) is 17.5 Å². The van der Waals surface area contributed by atoms with Crippen molar-refractivity contribution < 1.29 is 14.7 Å². The van der Waals surface area contributed by atoms with Crippen LogP contribution in [0.25, 0.3) is 0 Å². The van der Waals surface area contributed by atoms with Gasteiger partial charge in [-0.1, -0.05) is 61.5 Å². The maximum Gasteiger partial charge on any atom is 0.326 e. The summed E-state index contributed by atoms with van der Waals surface area (Å²) in [5, 5.41) is 11.9. The molecule has 0 radical (unpaired) electrons. The summed E-state index contributed by atoms with van der Waals surface area (Å²) in [6.45, 7) is 2.07. The molecule has 2 aromatic carbocycles. The van der Waals surface area contributed by atoms with Gasteiger partial charge in [-0.25, -0.2) is 4.79 Å². The highest BCUT2D eigenvalue weighted by Crippen LogP contribution is 2.07. The van der Waals surface area contributed by atoms with E-state index in [0.29, 0.717) is 0 Å².